The SMILES string of the molecule is Cc1cccc(C=Nn2c(C)csc2=NC2CCCCC2)c1. The number of thiazole rings is 1. The Labute approximate surface area is 136 Å². The minimum atomic E-state index is 0.479. The zero-order chi connectivity index (χ0) is 15.4. The van der Waals surface area contributed by atoms with E-state index in [0.29, 0.717) is 6.04 Å². The highest BCUT2D eigenvalue weighted by atomic mass is 32.1. The van der Waals surface area contributed by atoms with Crippen LogP contribution in [0.4, 0.5) is 0 Å². The van der Waals surface area contributed by atoms with Gasteiger partial charge in [-0.3, -0.25) is 4.99 Å². The van der Waals surface area contributed by atoms with Crippen molar-refractivity contribution in [3.63, 3.8) is 0 Å². The van der Waals surface area contributed by atoms with E-state index in [1.54, 1.807) is 11.3 Å². The standard InChI is InChI=1S/C18H23N3S/c1-14-7-6-8-16(11-14)12-19-21-15(2)13-22-18(21)20-17-9-4-3-5-10-17/h6-8,11-13,17H,3-5,9-10H2,1-2H3. The van der Waals surface area contributed by atoms with Crippen LogP contribution in [0.5, 0.6) is 0 Å². The van der Waals surface area contributed by atoms with Crippen molar-refractivity contribution >= 4 is 17.6 Å². The molecule has 3 nitrogen and oxygen atoms in total. The van der Waals surface area contributed by atoms with Gasteiger partial charge in [0.2, 0.25) is 4.80 Å². The van der Waals surface area contributed by atoms with Crippen molar-refractivity contribution in [2.24, 2.45) is 10.1 Å². The van der Waals surface area contributed by atoms with Crippen LogP contribution in [-0.2, 0) is 0 Å². The van der Waals surface area contributed by atoms with E-state index in [-0.39, 0.29) is 0 Å². The fourth-order valence-electron chi connectivity index (χ4n) is 2.86. The molecule has 1 aromatic heterocycles. The lowest BCUT2D eigenvalue weighted by Crippen LogP contribution is -2.19. The fraction of sp³-hybridized carbons (Fsp3) is 0.444. The first kappa shape index (κ1) is 15.2. The normalized spacial score (nSPS) is 17.5. The zero-order valence-electron chi connectivity index (χ0n) is 13.3. The Bertz CT molecular complexity index is 718. The van der Waals surface area contributed by atoms with E-state index >= 15 is 0 Å². The van der Waals surface area contributed by atoms with E-state index in [2.05, 4.69) is 48.6 Å². The van der Waals surface area contributed by atoms with Gasteiger partial charge in [0.25, 0.3) is 0 Å². The van der Waals surface area contributed by atoms with Crippen molar-refractivity contribution in [2.45, 2.75) is 52.0 Å². The van der Waals surface area contributed by atoms with Gasteiger partial charge in [0, 0.05) is 5.38 Å². The second-order valence-corrected chi connectivity index (χ2v) is 6.89. The summed E-state index contributed by atoms with van der Waals surface area (Å²) in [5.41, 5.74) is 3.52. The van der Waals surface area contributed by atoms with Crippen molar-refractivity contribution < 1.29 is 0 Å². The second kappa shape index (κ2) is 7.05. The maximum atomic E-state index is 4.94. The molecule has 0 unspecified atom stereocenters. The predicted octanol–water partition coefficient (Wildman–Crippen LogP) is 4.28. The second-order valence-electron chi connectivity index (χ2n) is 6.05. The minimum Gasteiger partial charge on any atom is -0.254 e. The molecule has 0 amide bonds. The quantitative estimate of drug-likeness (QED) is 0.757. The maximum absolute atomic E-state index is 4.94. The Morgan fingerprint density at radius 1 is 1.18 bits per heavy atom. The van der Waals surface area contributed by atoms with Crippen molar-refractivity contribution in [3.05, 3.63) is 51.3 Å². The summed E-state index contributed by atoms with van der Waals surface area (Å²) in [6, 6.07) is 8.87. The van der Waals surface area contributed by atoms with Crippen LogP contribution in [0.3, 0.4) is 0 Å². The first-order chi connectivity index (χ1) is 10.7. The van der Waals surface area contributed by atoms with E-state index in [1.165, 1.54) is 37.7 Å². The molecule has 1 fully saturated rings. The number of rotatable bonds is 3. The fourth-order valence-corrected chi connectivity index (χ4v) is 3.73. The summed E-state index contributed by atoms with van der Waals surface area (Å²) in [6.07, 6.45) is 8.35. The molecule has 0 radical (unpaired) electrons. The highest BCUT2D eigenvalue weighted by Crippen LogP contribution is 2.20. The van der Waals surface area contributed by atoms with Gasteiger partial charge in [0.1, 0.15) is 0 Å². The van der Waals surface area contributed by atoms with Crippen LogP contribution >= 0.6 is 11.3 Å². The number of hydrogen-bond donors (Lipinski definition) is 0. The topological polar surface area (TPSA) is 29.6 Å². The molecule has 0 atom stereocenters. The Balaban J connectivity index is 1.87. The summed E-state index contributed by atoms with van der Waals surface area (Å²) in [4.78, 5) is 5.96. The average molecular weight is 313 g/mol. The summed E-state index contributed by atoms with van der Waals surface area (Å²) < 4.78 is 1.97. The number of aryl methyl sites for hydroxylation is 2. The lowest BCUT2D eigenvalue weighted by Gasteiger charge is -2.16. The van der Waals surface area contributed by atoms with Crippen LogP contribution in [0.15, 0.2) is 39.7 Å². The number of aromatic nitrogens is 1. The van der Waals surface area contributed by atoms with Crippen LogP contribution in [-0.4, -0.2) is 16.9 Å². The van der Waals surface area contributed by atoms with Gasteiger partial charge in [-0.15, -0.1) is 11.3 Å². The monoisotopic (exact) mass is 313 g/mol. The molecule has 2 aromatic rings. The van der Waals surface area contributed by atoms with Crippen LogP contribution in [0.2, 0.25) is 0 Å². The number of benzene rings is 1. The molecule has 1 aromatic carbocycles. The van der Waals surface area contributed by atoms with Crippen LogP contribution in [0.1, 0.15) is 48.9 Å². The molecule has 4 heteroatoms. The Hall–Kier alpha value is -1.68. The maximum Gasteiger partial charge on any atom is 0.206 e. The Kier molecular flexibility index (Phi) is 4.88. The van der Waals surface area contributed by atoms with Gasteiger partial charge in [-0.2, -0.15) is 5.10 Å². The van der Waals surface area contributed by atoms with Crippen molar-refractivity contribution in [1.29, 1.82) is 0 Å². The summed E-state index contributed by atoms with van der Waals surface area (Å²) in [5.74, 6) is 0. The third kappa shape index (κ3) is 3.74. The molecule has 116 valence electrons. The number of nitrogens with zero attached hydrogens (tertiary/aromatic N) is 3. The first-order valence-corrected chi connectivity index (χ1v) is 8.92. The van der Waals surface area contributed by atoms with Crippen molar-refractivity contribution in [1.82, 2.24) is 4.68 Å². The Morgan fingerprint density at radius 3 is 2.77 bits per heavy atom. The molecule has 22 heavy (non-hydrogen) atoms. The first-order valence-electron chi connectivity index (χ1n) is 8.04. The third-order valence-corrected chi connectivity index (χ3v) is 5.03. The van der Waals surface area contributed by atoms with Gasteiger partial charge >= 0.3 is 0 Å². The van der Waals surface area contributed by atoms with Crippen molar-refractivity contribution in [3.8, 4) is 0 Å². The Morgan fingerprint density at radius 2 is 2.00 bits per heavy atom. The van der Waals surface area contributed by atoms with E-state index in [1.807, 2.05) is 10.9 Å². The lowest BCUT2D eigenvalue weighted by atomic mass is 9.96. The molecule has 1 aliphatic carbocycles. The van der Waals surface area contributed by atoms with E-state index in [4.69, 9.17) is 4.99 Å². The minimum absolute atomic E-state index is 0.479. The highest BCUT2D eigenvalue weighted by Gasteiger charge is 2.12. The van der Waals surface area contributed by atoms with Gasteiger partial charge in [-0.25, -0.2) is 4.68 Å². The molecular formula is C18H23N3S. The molecule has 1 saturated carbocycles. The van der Waals surface area contributed by atoms with Gasteiger partial charge in [-0.1, -0.05) is 49.1 Å². The van der Waals surface area contributed by atoms with E-state index in [0.717, 1.165) is 16.1 Å². The number of hydrogen-bond acceptors (Lipinski definition) is 3. The van der Waals surface area contributed by atoms with Gasteiger partial charge in [0.05, 0.1) is 18.0 Å². The smallest absolute Gasteiger partial charge is 0.206 e. The largest absolute Gasteiger partial charge is 0.254 e. The van der Waals surface area contributed by atoms with Gasteiger partial charge < -0.3 is 0 Å². The van der Waals surface area contributed by atoms with E-state index in [9.17, 15) is 0 Å². The van der Waals surface area contributed by atoms with Crippen LogP contribution < -0.4 is 4.80 Å². The lowest BCUT2D eigenvalue weighted by molar-refractivity contribution is 0.435. The molecule has 0 aliphatic heterocycles. The van der Waals surface area contributed by atoms with Gasteiger partial charge in [0.15, 0.2) is 0 Å². The van der Waals surface area contributed by atoms with Gasteiger partial charge in [-0.05, 0) is 32.3 Å². The molecule has 0 bridgehead atoms. The van der Waals surface area contributed by atoms with Crippen LogP contribution in [0.25, 0.3) is 0 Å². The van der Waals surface area contributed by atoms with E-state index < -0.39 is 0 Å². The molecule has 1 aliphatic rings. The highest BCUT2D eigenvalue weighted by molar-refractivity contribution is 7.07. The molecule has 3 rings (SSSR count). The average Bonchev–Trinajstić information content (AvgIpc) is 2.87. The summed E-state index contributed by atoms with van der Waals surface area (Å²) in [7, 11) is 0. The molecule has 0 spiro atoms. The summed E-state index contributed by atoms with van der Waals surface area (Å²) in [6.45, 7) is 4.19. The molecular weight excluding hydrogens is 290 g/mol. The zero-order valence-corrected chi connectivity index (χ0v) is 14.1. The summed E-state index contributed by atoms with van der Waals surface area (Å²) >= 11 is 1.69. The molecule has 0 N–H and O–H groups in total. The molecule has 0 saturated heterocycles. The summed E-state index contributed by atoms with van der Waals surface area (Å²) in [5, 5.41) is 6.79. The van der Waals surface area contributed by atoms with Crippen LogP contribution in [0, 0.1) is 13.8 Å². The van der Waals surface area contributed by atoms with Crippen molar-refractivity contribution in [2.75, 3.05) is 0 Å². The molecule has 1 heterocycles. The predicted molar refractivity (Wildman–Crippen MR) is 93.7 cm³/mol. The third-order valence-electron chi connectivity index (χ3n) is 4.08.